The topological polar surface area (TPSA) is 158 Å². The zero-order chi connectivity index (χ0) is 3.58. The second-order valence-corrected chi connectivity index (χ2v) is 5.62. The fourth-order valence-electron chi connectivity index (χ4n) is 0. The predicted molar refractivity (Wildman–Crippen MR) is 35.6 cm³/mol. The van der Waals surface area contributed by atoms with Gasteiger partial charge < -0.3 is 27.4 Å². The third-order valence-corrected chi connectivity index (χ3v) is 0. The third kappa shape index (κ3) is 336. The van der Waals surface area contributed by atoms with Gasteiger partial charge in [-0.05, 0) is 0 Å². The minimum absolute atomic E-state index is 0. The summed E-state index contributed by atoms with van der Waals surface area (Å²) in [4.78, 5) is 0. The van der Waals surface area contributed by atoms with Crippen molar-refractivity contribution in [2.24, 2.45) is 0 Å². The Morgan fingerprint density at radius 3 is 0.556 bits per heavy atom. The Morgan fingerprint density at radius 2 is 0.556 bits per heavy atom. The second kappa shape index (κ2) is 35.1. The van der Waals surface area contributed by atoms with Crippen molar-refractivity contribution in [2.45, 2.75) is 0 Å². The van der Waals surface area contributed by atoms with Crippen molar-refractivity contribution in [3.05, 3.63) is 0 Å². The minimum atomic E-state index is -1.33. The van der Waals surface area contributed by atoms with Crippen molar-refractivity contribution in [3.8, 4) is 0 Å². The van der Waals surface area contributed by atoms with Gasteiger partial charge >= 0.3 is 41.5 Å². The Bertz CT molecular complexity index is 16.9. The molecule has 0 saturated carbocycles. The van der Waals surface area contributed by atoms with Gasteiger partial charge in [0, 0.05) is 0 Å². The van der Waals surface area contributed by atoms with Crippen LogP contribution in [0, 0.1) is 0 Å². The van der Waals surface area contributed by atoms with Gasteiger partial charge in [-0.25, -0.2) is 0 Å². The van der Waals surface area contributed by atoms with Crippen LogP contribution >= 0.6 is 30.3 Å². The van der Waals surface area contributed by atoms with Crippen LogP contribution in [0.15, 0.2) is 0 Å². The first-order chi connectivity index (χ1) is 1.73. The van der Waals surface area contributed by atoms with E-state index >= 15 is 0 Å². The molecule has 9 heteroatoms. The van der Waals surface area contributed by atoms with E-state index in [1.807, 2.05) is 0 Å². The summed E-state index contributed by atoms with van der Waals surface area (Å²) < 4.78 is 0. The summed E-state index contributed by atoms with van der Waals surface area (Å²) in [6, 6.07) is 0. The number of hydrogen-bond acceptors (Lipinski definition) is 0. The van der Waals surface area contributed by atoms with E-state index in [1.54, 1.807) is 0 Å². The van der Waals surface area contributed by atoms with E-state index in [9.17, 15) is 0 Å². The van der Waals surface area contributed by atoms with Gasteiger partial charge in [0.1, 0.15) is 0 Å². The van der Waals surface area contributed by atoms with E-state index in [1.165, 1.54) is 0 Å². The molecule has 0 aliphatic rings. The van der Waals surface area contributed by atoms with Gasteiger partial charge in [-0.1, -0.05) is 0 Å². The summed E-state index contributed by atoms with van der Waals surface area (Å²) in [6.07, 6.45) is 0. The van der Waals surface area contributed by atoms with Gasteiger partial charge in [0.05, 0.1) is 0 Å². The number of halogens is 3. The number of hydrogen-bond donors (Lipinski definition) is 0. The molecule has 10 N–H and O–H groups in total. The van der Waals surface area contributed by atoms with Crippen LogP contribution in [0.1, 0.15) is 0 Å². The molecule has 5 nitrogen and oxygen atoms in total. The molecule has 69 valence electrons. The zero-order valence-electron chi connectivity index (χ0n) is 3.99. The van der Waals surface area contributed by atoms with Crippen LogP contribution in [0.4, 0.5) is 0 Å². The van der Waals surface area contributed by atoms with Gasteiger partial charge in [0.2, 0.25) is 0 Å². The second-order valence-electron chi connectivity index (χ2n) is 0.152. The van der Waals surface area contributed by atoms with Crippen molar-refractivity contribution in [3.63, 3.8) is 0 Å². The zero-order valence-corrected chi connectivity index (χ0v) is 7.36. The van der Waals surface area contributed by atoms with E-state index in [2.05, 4.69) is 0 Å². The van der Waals surface area contributed by atoms with Crippen molar-refractivity contribution in [1.82, 2.24) is 0 Å². The Hall–Kier alpha value is 1.19. The quantitative estimate of drug-likeness (QED) is 0.434. The summed E-state index contributed by atoms with van der Waals surface area (Å²) in [7, 11) is 14.7. The third-order valence-electron chi connectivity index (χ3n) is 0. The molecule has 0 aliphatic carbocycles. The monoisotopic (exact) mass is 251 g/mol. The Morgan fingerprint density at radius 1 is 0.556 bits per heavy atom. The predicted octanol–water partition coefficient (Wildman–Crippen LogP) is -2.06. The van der Waals surface area contributed by atoms with Crippen molar-refractivity contribution >= 4 is 30.3 Å². The van der Waals surface area contributed by atoms with Gasteiger partial charge in [-0.3, -0.25) is 0 Å². The maximum absolute atomic E-state index is 4.89. The van der Waals surface area contributed by atoms with Crippen LogP contribution in [0.2, 0.25) is 0 Å². The fourth-order valence-corrected chi connectivity index (χ4v) is 0. The molecule has 0 atom stereocenters. The van der Waals surface area contributed by atoms with Crippen LogP contribution in [0.25, 0.3) is 0 Å². The summed E-state index contributed by atoms with van der Waals surface area (Å²) >= 11 is -1.33. The molecule has 0 bridgehead atoms. The molecule has 0 amide bonds. The van der Waals surface area contributed by atoms with Crippen LogP contribution in [0.5, 0.6) is 0 Å². The molecule has 0 spiro atoms. The van der Waals surface area contributed by atoms with Crippen molar-refractivity contribution < 1.29 is 38.5 Å². The maximum atomic E-state index is 4.89. The van der Waals surface area contributed by atoms with Crippen molar-refractivity contribution in [1.29, 1.82) is 0 Å². The van der Waals surface area contributed by atoms with Gasteiger partial charge in [-0.2, -0.15) is 0 Å². The SMILES string of the molecule is O.O.O.O.O.[Cl][Fe]([Cl])[Cl]. The first-order valence-electron chi connectivity index (χ1n) is 0.401. The van der Waals surface area contributed by atoms with E-state index in [4.69, 9.17) is 30.3 Å². The Balaban J connectivity index is -0.00000000450. The van der Waals surface area contributed by atoms with E-state index in [-0.39, 0.29) is 27.4 Å². The van der Waals surface area contributed by atoms with E-state index < -0.39 is 11.2 Å². The molecule has 0 heterocycles. The fraction of sp³-hybridized carbons (Fsp3) is 0. The first kappa shape index (κ1) is 49.0. The molecule has 0 unspecified atom stereocenters. The molecule has 0 aromatic carbocycles. The molecular weight excluding hydrogens is 242 g/mol. The molecule has 0 rings (SSSR count). The van der Waals surface area contributed by atoms with Gasteiger partial charge in [0.15, 0.2) is 0 Å². The molecule has 9 heavy (non-hydrogen) atoms. The molecule has 0 saturated heterocycles. The van der Waals surface area contributed by atoms with Gasteiger partial charge in [-0.15, -0.1) is 0 Å². The molecular formula is H10Cl3FeO5. The normalized spacial score (nSPS) is 5.00. The van der Waals surface area contributed by atoms with E-state index in [0.717, 1.165) is 0 Å². The van der Waals surface area contributed by atoms with Crippen LogP contribution in [0.3, 0.4) is 0 Å². The average molecular weight is 252 g/mol. The summed E-state index contributed by atoms with van der Waals surface area (Å²) in [5.74, 6) is 0. The first-order valence-corrected chi connectivity index (χ1v) is 4.96. The summed E-state index contributed by atoms with van der Waals surface area (Å²) in [6.45, 7) is 0. The molecule has 0 aliphatic heterocycles. The van der Waals surface area contributed by atoms with Crippen LogP contribution in [-0.4, -0.2) is 27.4 Å². The molecule has 0 aromatic rings. The summed E-state index contributed by atoms with van der Waals surface area (Å²) in [5.41, 5.74) is 0. The Kier molecular flexibility index (Phi) is 191. The Labute approximate surface area is 69.0 Å². The summed E-state index contributed by atoms with van der Waals surface area (Å²) in [5, 5.41) is 0. The van der Waals surface area contributed by atoms with Crippen molar-refractivity contribution in [2.75, 3.05) is 0 Å². The van der Waals surface area contributed by atoms with Gasteiger partial charge in [0.25, 0.3) is 0 Å². The van der Waals surface area contributed by atoms with Crippen LogP contribution < -0.4 is 0 Å². The average Bonchev–Trinajstić information content (AvgIpc) is 0.811. The number of rotatable bonds is 0. The standard InChI is InChI=1S/3ClH.Fe.5H2O/h3*1H;;5*1H2/q;;;+3;;;;;/p-3. The van der Waals surface area contributed by atoms with Crippen LogP contribution in [-0.2, 0) is 11.2 Å². The molecule has 0 fully saturated rings. The van der Waals surface area contributed by atoms with E-state index in [0.29, 0.717) is 0 Å². The molecule has 0 radical (unpaired) electrons. The molecule has 0 aromatic heterocycles.